The van der Waals surface area contributed by atoms with Gasteiger partial charge in [-0.15, -0.1) is 0 Å². The van der Waals surface area contributed by atoms with Crippen molar-refractivity contribution in [2.45, 2.75) is 77.5 Å². The number of aryl methyl sites for hydroxylation is 1. The number of hydrogen-bond donors (Lipinski definition) is 1. The molecule has 3 aliphatic rings. The summed E-state index contributed by atoms with van der Waals surface area (Å²) < 4.78 is 11.5. The van der Waals surface area contributed by atoms with Crippen molar-refractivity contribution in [1.29, 1.82) is 0 Å². The summed E-state index contributed by atoms with van der Waals surface area (Å²) in [7, 11) is 0. The van der Waals surface area contributed by atoms with Gasteiger partial charge in [0.1, 0.15) is 11.9 Å². The molecule has 158 valence electrons. The number of ether oxygens (including phenoxy) is 2. The van der Waals surface area contributed by atoms with E-state index >= 15 is 0 Å². The lowest BCUT2D eigenvalue weighted by molar-refractivity contribution is 0.0717. The molecule has 1 aliphatic heterocycles. The molecule has 29 heavy (non-hydrogen) atoms. The molecular formula is C25H35NO3. The molecular weight excluding hydrogens is 362 g/mol. The van der Waals surface area contributed by atoms with E-state index in [1.54, 1.807) is 29.7 Å². The number of phenolic OH excluding ortho intramolecular Hbond substituents is 1. The predicted octanol–water partition coefficient (Wildman–Crippen LogP) is 5.74. The first kappa shape index (κ1) is 21.6. The van der Waals surface area contributed by atoms with Crippen LogP contribution in [0.2, 0.25) is 0 Å². The smallest absolute Gasteiger partial charge is 0.170 e. The number of nitrogens with zero attached hydrogens (tertiary/aromatic N) is 1. The zero-order valence-electron chi connectivity index (χ0n) is 18.0. The van der Waals surface area contributed by atoms with Crippen molar-refractivity contribution in [2.75, 3.05) is 6.61 Å². The maximum atomic E-state index is 8.76. The van der Waals surface area contributed by atoms with Crippen molar-refractivity contribution >= 4 is 6.40 Å². The Bertz CT molecular complexity index is 714. The van der Waals surface area contributed by atoms with E-state index in [1.165, 1.54) is 24.8 Å². The van der Waals surface area contributed by atoms with Crippen LogP contribution in [0.15, 0.2) is 52.6 Å². The monoisotopic (exact) mass is 397 g/mol. The fourth-order valence-corrected chi connectivity index (χ4v) is 4.34. The molecule has 4 nitrogen and oxygen atoms in total. The van der Waals surface area contributed by atoms with Gasteiger partial charge in [-0.2, -0.15) is 0 Å². The summed E-state index contributed by atoms with van der Waals surface area (Å²) >= 11 is 0. The van der Waals surface area contributed by atoms with Gasteiger partial charge in [-0.1, -0.05) is 43.7 Å². The second-order valence-corrected chi connectivity index (χ2v) is 8.17. The molecule has 0 spiro atoms. The molecule has 0 bridgehead atoms. The number of phenols is 1. The SMILES string of the molecule is CCC1CCC2=CC(OCCC3N=COC3CC)CC=C21.Cc1ccc(O)cc1. The number of aliphatic imine (C=N–C) groups is 1. The van der Waals surface area contributed by atoms with Crippen LogP contribution in [-0.4, -0.2) is 36.4 Å². The number of rotatable bonds is 6. The summed E-state index contributed by atoms with van der Waals surface area (Å²) in [4.78, 5) is 4.39. The van der Waals surface area contributed by atoms with E-state index in [1.807, 2.05) is 19.1 Å². The lowest BCUT2D eigenvalue weighted by Crippen LogP contribution is -2.24. The third-order valence-electron chi connectivity index (χ3n) is 6.12. The van der Waals surface area contributed by atoms with E-state index in [0.29, 0.717) is 5.75 Å². The molecule has 1 fully saturated rings. The van der Waals surface area contributed by atoms with Crippen molar-refractivity contribution in [3.05, 3.63) is 53.1 Å². The zero-order chi connectivity index (χ0) is 20.6. The predicted molar refractivity (Wildman–Crippen MR) is 118 cm³/mol. The first-order chi connectivity index (χ1) is 14.1. The second-order valence-electron chi connectivity index (χ2n) is 8.17. The summed E-state index contributed by atoms with van der Waals surface area (Å²) in [6.45, 7) is 7.21. The Hall–Kier alpha value is -2.07. The molecule has 1 saturated carbocycles. The maximum absolute atomic E-state index is 8.76. The molecule has 1 heterocycles. The van der Waals surface area contributed by atoms with Gasteiger partial charge in [0.2, 0.25) is 0 Å². The van der Waals surface area contributed by atoms with Gasteiger partial charge in [0.15, 0.2) is 6.40 Å². The minimum absolute atomic E-state index is 0.255. The third kappa shape index (κ3) is 5.96. The van der Waals surface area contributed by atoms with Crippen LogP contribution >= 0.6 is 0 Å². The number of hydrogen-bond acceptors (Lipinski definition) is 4. The second kappa shape index (κ2) is 10.6. The number of fused-ring (bicyclic) bond motifs is 1. The van der Waals surface area contributed by atoms with Crippen molar-refractivity contribution in [1.82, 2.24) is 0 Å². The number of benzene rings is 1. The molecule has 2 aliphatic carbocycles. The lowest BCUT2D eigenvalue weighted by Gasteiger charge is -2.22. The highest BCUT2D eigenvalue weighted by Gasteiger charge is 2.28. The van der Waals surface area contributed by atoms with Gasteiger partial charge in [-0.3, -0.25) is 4.99 Å². The van der Waals surface area contributed by atoms with Crippen molar-refractivity contribution in [3.63, 3.8) is 0 Å². The summed E-state index contributed by atoms with van der Waals surface area (Å²) in [6, 6.07) is 7.38. The van der Waals surface area contributed by atoms with Crippen LogP contribution in [0.5, 0.6) is 5.75 Å². The van der Waals surface area contributed by atoms with E-state index in [9.17, 15) is 0 Å². The first-order valence-corrected chi connectivity index (χ1v) is 11.1. The van der Waals surface area contributed by atoms with Crippen LogP contribution in [-0.2, 0) is 9.47 Å². The Morgan fingerprint density at radius 2 is 1.97 bits per heavy atom. The van der Waals surface area contributed by atoms with E-state index in [-0.39, 0.29) is 18.2 Å². The van der Waals surface area contributed by atoms with Gasteiger partial charge in [0, 0.05) is 6.61 Å². The number of aromatic hydroxyl groups is 1. The van der Waals surface area contributed by atoms with E-state index < -0.39 is 0 Å². The van der Waals surface area contributed by atoms with Gasteiger partial charge in [0.05, 0.1) is 12.1 Å². The summed E-state index contributed by atoms with van der Waals surface area (Å²) in [5.74, 6) is 1.13. The van der Waals surface area contributed by atoms with Gasteiger partial charge in [0.25, 0.3) is 0 Å². The molecule has 0 amide bonds. The molecule has 1 N–H and O–H groups in total. The Kier molecular flexibility index (Phi) is 7.93. The summed E-state index contributed by atoms with van der Waals surface area (Å²) in [5, 5.41) is 8.76. The third-order valence-corrected chi connectivity index (χ3v) is 6.12. The molecule has 4 rings (SSSR count). The standard InChI is InChI=1S/C18H27NO2.C7H8O/c1-3-13-5-6-14-11-15(7-8-16(13)14)20-10-9-17-18(4-2)21-12-19-17;1-6-2-4-7(8)5-3-6/h8,11-13,15,17-18H,3-7,9-10H2,1-2H3;2-5,8H,1H3. The van der Waals surface area contributed by atoms with Gasteiger partial charge >= 0.3 is 0 Å². The molecule has 1 aromatic rings. The average Bonchev–Trinajstić information content (AvgIpc) is 3.36. The molecule has 4 heteroatoms. The fraction of sp³-hybridized carbons (Fsp3) is 0.560. The highest BCUT2D eigenvalue weighted by molar-refractivity contribution is 5.49. The van der Waals surface area contributed by atoms with Crippen LogP contribution in [0.25, 0.3) is 0 Å². The van der Waals surface area contributed by atoms with E-state index in [4.69, 9.17) is 14.6 Å². The van der Waals surface area contributed by atoms with Gasteiger partial charge in [-0.05, 0) is 74.6 Å². The molecule has 0 aromatic heterocycles. The quantitative estimate of drug-likeness (QED) is 0.665. The van der Waals surface area contributed by atoms with Crippen LogP contribution in [0.3, 0.4) is 0 Å². The lowest BCUT2D eigenvalue weighted by atomic mass is 9.92. The minimum atomic E-state index is 0.255. The van der Waals surface area contributed by atoms with Crippen LogP contribution in [0, 0.1) is 12.8 Å². The number of allylic oxidation sites excluding steroid dienone is 2. The molecule has 0 radical (unpaired) electrons. The normalized spacial score (nSPS) is 27.4. The van der Waals surface area contributed by atoms with Crippen LogP contribution in [0.1, 0.15) is 57.9 Å². The van der Waals surface area contributed by atoms with Crippen LogP contribution in [0.4, 0.5) is 0 Å². The Balaban J connectivity index is 0.000000252. The first-order valence-electron chi connectivity index (χ1n) is 11.1. The topological polar surface area (TPSA) is 51.0 Å². The highest BCUT2D eigenvalue weighted by atomic mass is 16.5. The van der Waals surface area contributed by atoms with Crippen molar-refractivity contribution in [3.8, 4) is 5.75 Å². The zero-order valence-corrected chi connectivity index (χ0v) is 18.0. The fourth-order valence-electron chi connectivity index (χ4n) is 4.34. The largest absolute Gasteiger partial charge is 0.508 e. The van der Waals surface area contributed by atoms with E-state index in [2.05, 4.69) is 31.0 Å². The maximum Gasteiger partial charge on any atom is 0.170 e. The Labute approximate surface area is 175 Å². The van der Waals surface area contributed by atoms with E-state index in [0.717, 1.165) is 31.8 Å². The molecule has 4 atom stereocenters. The summed E-state index contributed by atoms with van der Waals surface area (Å²) in [6.07, 6.45) is 13.8. The van der Waals surface area contributed by atoms with Crippen LogP contribution < -0.4 is 0 Å². The molecule has 0 saturated heterocycles. The van der Waals surface area contributed by atoms with Crippen molar-refractivity contribution < 1.29 is 14.6 Å². The van der Waals surface area contributed by atoms with Gasteiger partial charge in [-0.25, -0.2) is 0 Å². The van der Waals surface area contributed by atoms with Crippen molar-refractivity contribution in [2.24, 2.45) is 10.9 Å². The average molecular weight is 398 g/mol. The molecule has 1 aromatic carbocycles. The highest BCUT2D eigenvalue weighted by Crippen LogP contribution is 2.40. The summed E-state index contributed by atoms with van der Waals surface area (Å²) in [5.41, 5.74) is 4.33. The van der Waals surface area contributed by atoms with Gasteiger partial charge < -0.3 is 14.6 Å². The molecule has 4 unspecified atom stereocenters. The minimum Gasteiger partial charge on any atom is -0.508 e. The Morgan fingerprint density at radius 3 is 2.66 bits per heavy atom. The Morgan fingerprint density at radius 1 is 1.17 bits per heavy atom.